The minimum atomic E-state index is 0.522. The Balaban J connectivity index is 2.48. The summed E-state index contributed by atoms with van der Waals surface area (Å²) in [5, 5.41) is 2.36. The molecule has 0 fully saturated rings. The molecule has 0 aromatic heterocycles. The first-order valence-electron chi connectivity index (χ1n) is 5.34. The van der Waals surface area contributed by atoms with E-state index in [0.717, 1.165) is 24.5 Å². The van der Waals surface area contributed by atoms with E-state index >= 15 is 0 Å². The topological polar surface area (TPSA) is 35.1 Å². The maximum absolute atomic E-state index is 5.31. The minimum Gasteiger partial charge on any atom is -0.493 e. The van der Waals surface area contributed by atoms with E-state index < -0.39 is 0 Å². The number of quaternary nitrogens is 1. The standard InChI is InChI=1S/C12H17NO2/c1-8-10-7-12(15-3)11(14-2)6-9(10)4-5-13-8/h6-8,13H,4-5H2,1-3H3/p+1/t8-/m1/s1. The van der Waals surface area contributed by atoms with Crippen molar-refractivity contribution in [3.8, 4) is 11.5 Å². The van der Waals surface area contributed by atoms with Crippen LogP contribution in [0.25, 0.3) is 0 Å². The van der Waals surface area contributed by atoms with Crippen molar-refractivity contribution in [2.45, 2.75) is 19.4 Å². The summed E-state index contributed by atoms with van der Waals surface area (Å²) < 4.78 is 10.6. The van der Waals surface area contributed by atoms with Crippen LogP contribution in [0.2, 0.25) is 0 Å². The van der Waals surface area contributed by atoms with Gasteiger partial charge in [0.25, 0.3) is 0 Å². The van der Waals surface area contributed by atoms with Gasteiger partial charge in [-0.15, -0.1) is 0 Å². The molecule has 2 rings (SSSR count). The van der Waals surface area contributed by atoms with Crippen LogP contribution in [0.3, 0.4) is 0 Å². The molecular weight excluding hydrogens is 190 g/mol. The quantitative estimate of drug-likeness (QED) is 0.783. The van der Waals surface area contributed by atoms with Crippen LogP contribution < -0.4 is 14.8 Å². The Morgan fingerprint density at radius 2 is 1.87 bits per heavy atom. The highest BCUT2D eigenvalue weighted by molar-refractivity contribution is 5.48. The third-order valence-corrected chi connectivity index (χ3v) is 3.07. The van der Waals surface area contributed by atoms with Gasteiger partial charge in [0.2, 0.25) is 0 Å². The second kappa shape index (κ2) is 4.11. The summed E-state index contributed by atoms with van der Waals surface area (Å²) in [5.41, 5.74) is 2.77. The predicted molar refractivity (Wildman–Crippen MR) is 58.5 cm³/mol. The van der Waals surface area contributed by atoms with E-state index in [1.807, 2.05) is 0 Å². The zero-order chi connectivity index (χ0) is 10.8. The van der Waals surface area contributed by atoms with Crippen molar-refractivity contribution in [3.63, 3.8) is 0 Å². The van der Waals surface area contributed by atoms with Crippen molar-refractivity contribution in [3.05, 3.63) is 23.3 Å². The molecule has 1 aliphatic heterocycles. The number of benzene rings is 1. The SMILES string of the molecule is COc1cc2c(cc1OC)[C@@H](C)[NH2+]CC2. The third kappa shape index (κ3) is 1.79. The Morgan fingerprint density at radius 3 is 2.53 bits per heavy atom. The normalized spacial score (nSPS) is 19.5. The predicted octanol–water partition coefficient (Wildman–Crippen LogP) is 0.884. The lowest BCUT2D eigenvalue weighted by Gasteiger charge is -2.22. The smallest absolute Gasteiger partial charge is 0.161 e. The molecule has 2 N–H and O–H groups in total. The molecule has 1 aliphatic rings. The Kier molecular flexibility index (Phi) is 2.82. The second-order valence-electron chi connectivity index (χ2n) is 3.97. The molecule has 0 saturated carbocycles. The summed E-state index contributed by atoms with van der Waals surface area (Å²) in [6, 6.07) is 4.74. The van der Waals surface area contributed by atoms with E-state index in [2.05, 4.69) is 24.4 Å². The lowest BCUT2D eigenvalue weighted by molar-refractivity contribution is -0.695. The van der Waals surface area contributed by atoms with Gasteiger partial charge in [-0.3, -0.25) is 0 Å². The van der Waals surface area contributed by atoms with Crippen LogP contribution in [-0.4, -0.2) is 20.8 Å². The molecule has 1 aromatic carbocycles. The summed E-state index contributed by atoms with van der Waals surface area (Å²) in [5.74, 6) is 1.67. The number of methoxy groups -OCH3 is 2. The summed E-state index contributed by atoms with van der Waals surface area (Å²) in [4.78, 5) is 0. The van der Waals surface area contributed by atoms with E-state index in [4.69, 9.17) is 9.47 Å². The van der Waals surface area contributed by atoms with E-state index in [0.29, 0.717) is 6.04 Å². The van der Waals surface area contributed by atoms with Gasteiger partial charge in [-0.2, -0.15) is 0 Å². The largest absolute Gasteiger partial charge is 0.493 e. The first-order chi connectivity index (χ1) is 7.26. The van der Waals surface area contributed by atoms with Gasteiger partial charge in [0.05, 0.1) is 20.8 Å². The van der Waals surface area contributed by atoms with Gasteiger partial charge in [0.1, 0.15) is 6.04 Å². The monoisotopic (exact) mass is 208 g/mol. The lowest BCUT2D eigenvalue weighted by atomic mass is 9.94. The van der Waals surface area contributed by atoms with E-state index in [1.54, 1.807) is 14.2 Å². The first-order valence-corrected chi connectivity index (χ1v) is 5.34. The minimum absolute atomic E-state index is 0.522. The van der Waals surface area contributed by atoms with Crippen LogP contribution in [0, 0.1) is 0 Å². The molecule has 0 spiro atoms. The van der Waals surface area contributed by atoms with E-state index in [-0.39, 0.29) is 0 Å². The first kappa shape index (κ1) is 10.3. The van der Waals surface area contributed by atoms with Crippen LogP contribution >= 0.6 is 0 Å². The highest BCUT2D eigenvalue weighted by atomic mass is 16.5. The Morgan fingerprint density at radius 1 is 1.20 bits per heavy atom. The third-order valence-electron chi connectivity index (χ3n) is 3.07. The van der Waals surface area contributed by atoms with Crippen LogP contribution in [-0.2, 0) is 6.42 Å². The van der Waals surface area contributed by atoms with Gasteiger partial charge >= 0.3 is 0 Å². The number of rotatable bonds is 2. The molecule has 0 amide bonds. The number of nitrogens with two attached hydrogens (primary N) is 1. The van der Waals surface area contributed by atoms with Gasteiger partial charge in [0.15, 0.2) is 11.5 Å². The molecule has 1 atom stereocenters. The average Bonchev–Trinajstić information content (AvgIpc) is 2.28. The summed E-state index contributed by atoms with van der Waals surface area (Å²) in [7, 11) is 3.37. The van der Waals surface area contributed by atoms with E-state index in [9.17, 15) is 0 Å². The second-order valence-corrected chi connectivity index (χ2v) is 3.97. The average molecular weight is 208 g/mol. The molecule has 82 valence electrons. The fraction of sp³-hybridized carbons (Fsp3) is 0.500. The number of hydrogen-bond acceptors (Lipinski definition) is 2. The van der Waals surface area contributed by atoms with Crippen molar-refractivity contribution in [1.29, 1.82) is 0 Å². The van der Waals surface area contributed by atoms with Crippen molar-refractivity contribution < 1.29 is 14.8 Å². The zero-order valence-electron chi connectivity index (χ0n) is 9.54. The molecule has 3 heteroatoms. The van der Waals surface area contributed by atoms with Crippen molar-refractivity contribution in [2.24, 2.45) is 0 Å². The molecule has 0 unspecified atom stereocenters. The molecular formula is C12H18NO2+. The number of ether oxygens (including phenoxy) is 2. The summed E-state index contributed by atoms with van der Waals surface area (Å²) in [6.07, 6.45) is 1.11. The highest BCUT2D eigenvalue weighted by Gasteiger charge is 2.21. The number of hydrogen-bond donors (Lipinski definition) is 1. The van der Waals surface area contributed by atoms with Crippen molar-refractivity contribution >= 4 is 0 Å². The molecule has 0 bridgehead atoms. The van der Waals surface area contributed by atoms with Crippen LogP contribution in [0.4, 0.5) is 0 Å². The molecule has 0 aliphatic carbocycles. The maximum atomic E-state index is 5.31. The Bertz CT molecular complexity index is 363. The van der Waals surface area contributed by atoms with Crippen LogP contribution in [0.1, 0.15) is 24.1 Å². The molecule has 1 heterocycles. The molecule has 0 radical (unpaired) electrons. The van der Waals surface area contributed by atoms with E-state index in [1.165, 1.54) is 11.1 Å². The van der Waals surface area contributed by atoms with Gasteiger partial charge in [-0.25, -0.2) is 0 Å². The molecule has 3 nitrogen and oxygen atoms in total. The van der Waals surface area contributed by atoms with Gasteiger partial charge in [0, 0.05) is 12.0 Å². The van der Waals surface area contributed by atoms with Gasteiger partial charge in [-0.1, -0.05) is 0 Å². The van der Waals surface area contributed by atoms with Crippen molar-refractivity contribution in [1.82, 2.24) is 0 Å². The Hall–Kier alpha value is -1.22. The van der Waals surface area contributed by atoms with Gasteiger partial charge in [-0.05, 0) is 24.6 Å². The Labute approximate surface area is 90.4 Å². The molecule has 15 heavy (non-hydrogen) atoms. The lowest BCUT2D eigenvalue weighted by Crippen LogP contribution is -2.86. The fourth-order valence-corrected chi connectivity index (χ4v) is 2.19. The zero-order valence-corrected chi connectivity index (χ0v) is 9.54. The molecule has 1 aromatic rings. The highest BCUT2D eigenvalue weighted by Crippen LogP contribution is 2.33. The van der Waals surface area contributed by atoms with Crippen LogP contribution in [0.15, 0.2) is 12.1 Å². The summed E-state index contributed by atoms with van der Waals surface area (Å²) in [6.45, 7) is 3.38. The van der Waals surface area contributed by atoms with Crippen LogP contribution in [0.5, 0.6) is 11.5 Å². The van der Waals surface area contributed by atoms with Gasteiger partial charge < -0.3 is 14.8 Å². The fourth-order valence-electron chi connectivity index (χ4n) is 2.19. The number of fused-ring (bicyclic) bond motifs is 1. The maximum Gasteiger partial charge on any atom is 0.161 e. The summed E-state index contributed by atoms with van der Waals surface area (Å²) >= 11 is 0. The van der Waals surface area contributed by atoms with Crippen molar-refractivity contribution in [2.75, 3.05) is 20.8 Å². The molecule has 0 saturated heterocycles.